The minimum atomic E-state index is -0.568. The number of nitrogens with one attached hydrogen (secondary N) is 1. The van der Waals surface area contributed by atoms with E-state index in [0.717, 1.165) is 0 Å². The maximum absolute atomic E-state index is 13.3. The number of halogens is 2. The van der Waals surface area contributed by atoms with E-state index in [0.29, 0.717) is 5.75 Å². The van der Waals surface area contributed by atoms with Gasteiger partial charge in [0, 0.05) is 11.3 Å². The molecule has 0 spiro atoms. The normalized spacial score (nSPS) is 12.9. The fraction of sp³-hybridized carbons (Fsp3) is 0.333. The highest BCUT2D eigenvalue weighted by Crippen LogP contribution is 2.22. The number of hydrazine groups is 1. The van der Waals surface area contributed by atoms with E-state index in [9.17, 15) is 8.78 Å². The minimum absolute atomic E-state index is 0.00403. The summed E-state index contributed by atoms with van der Waals surface area (Å²) < 4.78 is 26.5. The van der Waals surface area contributed by atoms with Gasteiger partial charge in [-0.25, -0.2) is 8.78 Å². The van der Waals surface area contributed by atoms with Crippen LogP contribution in [-0.4, -0.2) is 12.0 Å². The molecule has 0 fully saturated rings. The lowest BCUT2D eigenvalue weighted by Crippen LogP contribution is -2.31. The summed E-state index contributed by atoms with van der Waals surface area (Å²) in [5.74, 6) is 4.62. The molecule has 3 N–H and O–H groups in total. The molecule has 1 aromatic carbocycles. The van der Waals surface area contributed by atoms with Crippen LogP contribution in [0.2, 0.25) is 0 Å². The van der Waals surface area contributed by atoms with E-state index < -0.39 is 17.7 Å². The summed E-state index contributed by atoms with van der Waals surface area (Å²) in [6.07, 6.45) is 1.85. The third-order valence-corrected chi connectivity index (χ3v) is 2.55. The first-order valence-electron chi connectivity index (χ1n) is 4.09. The Hall–Kier alpha value is -0.650. The molecular weight excluding hydrogens is 206 g/mol. The van der Waals surface area contributed by atoms with E-state index in [4.69, 9.17) is 5.84 Å². The Bertz CT molecular complexity index is 287. The maximum Gasteiger partial charge on any atom is 0.130 e. The zero-order chi connectivity index (χ0) is 10.6. The highest BCUT2D eigenvalue weighted by Gasteiger charge is 2.17. The Balaban J connectivity index is 3.02. The van der Waals surface area contributed by atoms with Crippen LogP contribution < -0.4 is 11.3 Å². The Morgan fingerprint density at radius 3 is 2.43 bits per heavy atom. The van der Waals surface area contributed by atoms with E-state index in [-0.39, 0.29) is 5.56 Å². The molecule has 1 atom stereocenters. The molecule has 1 unspecified atom stereocenters. The van der Waals surface area contributed by atoms with E-state index in [2.05, 4.69) is 5.43 Å². The van der Waals surface area contributed by atoms with E-state index in [1.807, 2.05) is 6.26 Å². The summed E-state index contributed by atoms with van der Waals surface area (Å²) in [6.45, 7) is 0. The number of benzene rings is 1. The molecule has 5 heteroatoms. The highest BCUT2D eigenvalue weighted by molar-refractivity contribution is 7.98. The molecule has 0 aliphatic heterocycles. The van der Waals surface area contributed by atoms with Crippen LogP contribution in [0.3, 0.4) is 0 Å². The van der Waals surface area contributed by atoms with Crippen LogP contribution in [0.25, 0.3) is 0 Å². The second kappa shape index (κ2) is 5.29. The fourth-order valence-corrected chi connectivity index (χ4v) is 1.82. The first kappa shape index (κ1) is 11.4. The number of thioether (sulfide) groups is 1. The standard InChI is InChI=1S/C9H12F2N2S/c1-14-5-8(13-12)9-6(10)3-2-4-7(9)11/h2-4,8,13H,5,12H2,1H3. The van der Waals surface area contributed by atoms with Crippen molar-refractivity contribution in [1.29, 1.82) is 0 Å². The quantitative estimate of drug-likeness (QED) is 0.598. The average Bonchev–Trinajstić information content (AvgIpc) is 2.16. The maximum atomic E-state index is 13.3. The first-order valence-corrected chi connectivity index (χ1v) is 5.49. The summed E-state index contributed by atoms with van der Waals surface area (Å²) in [5.41, 5.74) is 2.40. The van der Waals surface area contributed by atoms with Crippen LogP contribution in [0.4, 0.5) is 8.78 Å². The van der Waals surface area contributed by atoms with Crippen molar-refractivity contribution in [1.82, 2.24) is 5.43 Å². The third-order valence-electron chi connectivity index (χ3n) is 1.88. The summed E-state index contributed by atoms with van der Waals surface area (Å²) >= 11 is 1.47. The topological polar surface area (TPSA) is 38.0 Å². The average molecular weight is 218 g/mol. The molecule has 14 heavy (non-hydrogen) atoms. The van der Waals surface area contributed by atoms with Gasteiger partial charge in [0.25, 0.3) is 0 Å². The molecule has 78 valence electrons. The van der Waals surface area contributed by atoms with Gasteiger partial charge in [-0.3, -0.25) is 11.3 Å². The van der Waals surface area contributed by atoms with Crippen LogP contribution in [0, 0.1) is 11.6 Å². The number of nitrogens with two attached hydrogens (primary N) is 1. The molecule has 2 nitrogen and oxygen atoms in total. The molecule has 0 saturated carbocycles. The van der Waals surface area contributed by atoms with Gasteiger partial charge in [0.05, 0.1) is 6.04 Å². The summed E-state index contributed by atoms with van der Waals surface area (Å²) in [6, 6.07) is 3.29. The second-order valence-electron chi connectivity index (χ2n) is 2.81. The van der Waals surface area contributed by atoms with Gasteiger partial charge in [0.15, 0.2) is 0 Å². The summed E-state index contributed by atoms with van der Waals surface area (Å²) in [7, 11) is 0. The van der Waals surface area contributed by atoms with Gasteiger partial charge in [-0.15, -0.1) is 0 Å². The molecule has 0 aliphatic rings. The number of rotatable bonds is 4. The van der Waals surface area contributed by atoms with Crippen molar-refractivity contribution >= 4 is 11.8 Å². The van der Waals surface area contributed by atoms with Gasteiger partial charge < -0.3 is 0 Å². The van der Waals surface area contributed by atoms with Gasteiger partial charge >= 0.3 is 0 Å². The van der Waals surface area contributed by atoms with Crippen molar-refractivity contribution in [3.05, 3.63) is 35.4 Å². The molecule has 0 radical (unpaired) electrons. The molecule has 1 aromatic rings. The monoisotopic (exact) mass is 218 g/mol. The Morgan fingerprint density at radius 1 is 1.43 bits per heavy atom. The lowest BCUT2D eigenvalue weighted by Gasteiger charge is -2.16. The largest absolute Gasteiger partial charge is 0.271 e. The fourth-order valence-electron chi connectivity index (χ4n) is 1.23. The SMILES string of the molecule is CSCC(NN)c1c(F)cccc1F. The second-order valence-corrected chi connectivity index (χ2v) is 3.72. The van der Waals surface area contributed by atoms with Crippen LogP contribution in [-0.2, 0) is 0 Å². The van der Waals surface area contributed by atoms with Crippen LogP contribution in [0.1, 0.15) is 11.6 Å². The summed E-state index contributed by atoms with van der Waals surface area (Å²) in [5, 5.41) is 0. The molecule has 0 saturated heterocycles. The van der Waals surface area contributed by atoms with Crippen molar-refractivity contribution < 1.29 is 8.78 Å². The zero-order valence-corrected chi connectivity index (χ0v) is 8.57. The van der Waals surface area contributed by atoms with E-state index >= 15 is 0 Å². The van der Waals surface area contributed by atoms with Gasteiger partial charge in [-0.2, -0.15) is 11.8 Å². The molecule has 1 rings (SSSR count). The van der Waals surface area contributed by atoms with Gasteiger partial charge in [0.1, 0.15) is 11.6 Å². The van der Waals surface area contributed by atoms with E-state index in [1.165, 1.54) is 30.0 Å². The van der Waals surface area contributed by atoms with Crippen LogP contribution in [0.15, 0.2) is 18.2 Å². The van der Waals surface area contributed by atoms with Crippen molar-refractivity contribution in [2.75, 3.05) is 12.0 Å². The molecule has 0 aliphatic carbocycles. The van der Waals surface area contributed by atoms with Crippen molar-refractivity contribution in [2.24, 2.45) is 5.84 Å². The highest BCUT2D eigenvalue weighted by atomic mass is 32.2. The summed E-state index contributed by atoms with van der Waals surface area (Å²) in [4.78, 5) is 0. The molecular formula is C9H12F2N2S. The van der Waals surface area contributed by atoms with Gasteiger partial charge in [-0.05, 0) is 18.4 Å². The van der Waals surface area contributed by atoms with Gasteiger partial charge in [0.2, 0.25) is 0 Å². The molecule has 0 heterocycles. The lowest BCUT2D eigenvalue weighted by molar-refractivity contribution is 0.500. The van der Waals surface area contributed by atoms with Crippen molar-refractivity contribution in [3.8, 4) is 0 Å². The molecule has 0 aromatic heterocycles. The Morgan fingerprint density at radius 2 is 2.00 bits per heavy atom. The van der Waals surface area contributed by atoms with Gasteiger partial charge in [-0.1, -0.05) is 6.07 Å². The van der Waals surface area contributed by atoms with E-state index in [1.54, 1.807) is 0 Å². The van der Waals surface area contributed by atoms with Crippen molar-refractivity contribution in [2.45, 2.75) is 6.04 Å². The first-order chi connectivity index (χ1) is 6.70. The molecule has 0 amide bonds. The zero-order valence-electron chi connectivity index (χ0n) is 7.76. The lowest BCUT2D eigenvalue weighted by atomic mass is 10.1. The van der Waals surface area contributed by atoms with Crippen LogP contribution >= 0.6 is 11.8 Å². The Kier molecular flexibility index (Phi) is 4.31. The van der Waals surface area contributed by atoms with Crippen LogP contribution in [0.5, 0.6) is 0 Å². The number of hydrogen-bond donors (Lipinski definition) is 2. The predicted molar refractivity (Wildman–Crippen MR) is 54.8 cm³/mol. The van der Waals surface area contributed by atoms with Crippen molar-refractivity contribution in [3.63, 3.8) is 0 Å². The Labute approximate surface area is 85.8 Å². The third kappa shape index (κ3) is 2.43. The minimum Gasteiger partial charge on any atom is -0.271 e. The predicted octanol–water partition coefficient (Wildman–Crippen LogP) is 1.83. The number of hydrogen-bond acceptors (Lipinski definition) is 3. The smallest absolute Gasteiger partial charge is 0.130 e. The molecule has 0 bridgehead atoms.